The summed E-state index contributed by atoms with van der Waals surface area (Å²) in [5.74, 6) is -0.241. The van der Waals surface area contributed by atoms with Crippen LogP contribution in [0, 0.1) is 6.92 Å². The van der Waals surface area contributed by atoms with E-state index in [4.69, 9.17) is 7.16 Å². The Labute approximate surface area is 153 Å². The lowest BCUT2D eigenvalue weighted by Crippen LogP contribution is -2.06. The molecule has 1 heterocycles. The summed E-state index contributed by atoms with van der Waals surface area (Å²) in [4.78, 5) is 13.2. The number of furan rings is 1. The molecule has 3 nitrogen and oxygen atoms in total. The number of carbonyl (C=O) groups is 1. The number of halogens is 2. The summed E-state index contributed by atoms with van der Waals surface area (Å²) in [5, 5.41) is 10.4. The summed E-state index contributed by atoms with van der Waals surface area (Å²) >= 11 is 6.87. The van der Waals surface area contributed by atoms with Gasteiger partial charge in [0.1, 0.15) is 17.4 Å². The second-order valence-electron chi connectivity index (χ2n) is 5.25. The Morgan fingerprint density at radius 3 is 2.61 bits per heavy atom. The third kappa shape index (κ3) is 2.89. The summed E-state index contributed by atoms with van der Waals surface area (Å²) in [7, 11) is 0. The molecule has 2 aromatic carbocycles. The average Bonchev–Trinajstić information content (AvgIpc) is 2.91. The molecule has 1 unspecified atom stereocenters. The number of hydrogen-bond donors (Lipinski definition) is 1. The average molecular weight is 440 g/mol. The van der Waals surface area contributed by atoms with Crippen molar-refractivity contribution in [1.29, 1.82) is 0 Å². The van der Waals surface area contributed by atoms with Gasteiger partial charge in [-0.25, -0.2) is 0 Å². The number of aliphatic hydroxyl groups excluding tert-OH is 1. The zero-order chi connectivity index (χ0) is 18.5. The van der Waals surface area contributed by atoms with Crippen molar-refractivity contribution in [2.75, 3.05) is 0 Å². The molecule has 0 aliphatic rings. The van der Waals surface area contributed by atoms with E-state index in [2.05, 4.69) is 31.9 Å². The van der Waals surface area contributed by atoms with Crippen LogP contribution in [0.5, 0.6) is 0 Å². The Bertz CT molecular complexity index is 986. The number of carbonyl (C=O) groups excluding carboxylic acids is 1. The normalized spacial score (nSPS) is 13.8. The van der Waals surface area contributed by atoms with Crippen molar-refractivity contribution in [3.8, 4) is 0 Å². The van der Waals surface area contributed by atoms with Crippen molar-refractivity contribution in [2.45, 2.75) is 20.0 Å². The zero-order valence-corrected chi connectivity index (χ0v) is 15.6. The lowest BCUT2D eigenvalue weighted by atomic mass is 9.98. The highest BCUT2D eigenvalue weighted by Gasteiger charge is 2.25. The van der Waals surface area contributed by atoms with Gasteiger partial charge in [-0.1, -0.05) is 50.0 Å². The Morgan fingerprint density at radius 1 is 1.35 bits per heavy atom. The first-order valence-corrected chi connectivity index (χ1v) is 8.51. The molecule has 5 heteroatoms. The van der Waals surface area contributed by atoms with E-state index in [1.165, 1.54) is 19.1 Å². The van der Waals surface area contributed by atoms with E-state index in [1.54, 1.807) is 12.1 Å². The van der Waals surface area contributed by atoms with Crippen LogP contribution < -0.4 is 0 Å². The topological polar surface area (TPSA) is 50.4 Å². The predicted octanol–water partition coefficient (Wildman–Crippen LogP) is 5.55. The second-order valence-corrected chi connectivity index (χ2v) is 6.96. The van der Waals surface area contributed by atoms with E-state index in [-0.39, 0.29) is 34.8 Å². The number of para-hydroxylation sites is 1. The van der Waals surface area contributed by atoms with Crippen molar-refractivity contribution >= 4 is 48.6 Å². The number of aliphatic hydroxyl groups is 1. The molecule has 0 aliphatic carbocycles. The number of benzene rings is 2. The SMILES string of the molecule is [2H]c1cc([2H])c2c(C(=O)c3cc(Br)c(C)c(Br)c3)c(C(C)O)oc2c1. The van der Waals surface area contributed by atoms with Gasteiger partial charge in [0, 0.05) is 19.9 Å². The summed E-state index contributed by atoms with van der Waals surface area (Å²) in [6.07, 6.45) is -1.02. The van der Waals surface area contributed by atoms with Gasteiger partial charge in [-0.15, -0.1) is 0 Å². The molecule has 3 aromatic rings. The van der Waals surface area contributed by atoms with Crippen molar-refractivity contribution in [3.63, 3.8) is 0 Å². The molecule has 23 heavy (non-hydrogen) atoms. The highest BCUT2D eigenvalue weighted by molar-refractivity contribution is 9.11. The predicted molar refractivity (Wildman–Crippen MR) is 96.9 cm³/mol. The summed E-state index contributed by atoms with van der Waals surface area (Å²) < 4.78 is 23.0. The molecule has 0 aliphatic heterocycles. The van der Waals surface area contributed by atoms with Crippen LogP contribution in [-0.2, 0) is 0 Å². The minimum atomic E-state index is -1.02. The Hall–Kier alpha value is -1.43. The van der Waals surface area contributed by atoms with Crippen LogP contribution >= 0.6 is 31.9 Å². The fourth-order valence-corrected chi connectivity index (χ4v) is 3.57. The van der Waals surface area contributed by atoms with Crippen molar-refractivity contribution in [2.24, 2.45) is 0 Å². The Kier molecular flexibility index (Phi) is 3.78. The molecular formula is C18H14Br2O3. The first-order valence-electron chi connectivity index (χ1n) is 7.92. The molecule has 0 fully saturated rings. The molecule has 1 N–H and O–H groups in total. The van der Waals surface area contributed by atoms with Gasteiger partial charge < -0.3 is 9.52 Å². The fraction of sp³-hybridized carbons (Fsp3) is 0.167. The Balaban J connectivity index is 2.30. The first kappa shape index (κ1) is 14.0. The van der Waals surface area contributed by atoms with E-state index < -0.39 is 6.10 Å². The van der Waals surface area contributed by atoms with Crippen LogP contribution in [0.2, 0.25) is 0 Å². The second kappa shape index (κ2) is 6.23. The van der Waals surface area contributed by atoms with Crippen LogP contribution in [0.15, 0.2) is 49.7 Å². The summed E-state index contributed by atoms with van der Waals surface area (Å²) in [6.45, 7) is 3.41. The quantitative estimate of drug-likeness (QED) is 0.544. The third-order valence-electron chi connectivity index (χ3n) is 3.63. The molecular weight excluding hydrogens is 424 g/mol. The monoisotopic (exact) mass is 438 g/mol. The van der Waals surface area contributed by atoms with Gasteiger partial charge >= 0.3 is 0 Å². The van der Waals surface area contributed by atoms with Gasteiger partial charge in [-0.2, -0.15) is 0 Å². The van der Waals surface area contributed by atoms with Crippen LogP contribution in [0.3, 0.4) is 0 Å². The lowest BCUT2D eigenvalue weighted by Gasteiger charge is -2.08. The van der Waals surface area contributed by atoms with E-state index >= 15 is 0 Å². The van der Waals surface area contributed by atoms with Gasteiger partial charge in [0.05, 0.1) is 8.30 Å². The molecule has 1 atom stereocenters. The van der Waals surface area contributed by atoms with Crippen molar-refractivity contribution < 1.29 is 17.1 Å². The van der Waals surface area contributed by atoms with E-state index in [9.17, 15) is 9.90 Å². The molecule has 3 rings (SSSR count). The molecule has 0 amide bonds. The molecule has 0 radical (unpaired) electrons. The van der Waals surface area contributed by atoms with Crippen LogP contribution in [0.25, 0.3) is 11.0 Å². The molecule has 0 saturated heterocycles. The van der Waals surface area contributed by atoms with Gasteiger partial charge in [0.2, 0.25) is 0 Å². The van der Waals surface area contributed by atoms with Crippen LogP contribution in [-0.4, -0.2) is 10.9 Å². The minimum Gasteiger partial charge on any atom is -0.458 e. The van der Waals surface area contributed by atoms with E-state index in [1.807, 2.05) is 6.92 Å². The first-order chi connectivity index (χ1) is 11.7. The zero-order valence-electron chi connectivity index (χ0n) is 14.4. The summed E-state index contributed by atoms with van der Waals surface area (Å²) in [5.41, 5.74) is 1.78. The highest BCUT2D eigenvalue weighted by Crippen LogP contribution is 2.34. The largest absolute Gasteiger partial charge is 0.458 e. The van der Waals surface area contributed by atoms with Crippen LogP contribution in [0.4, 0.5) is 0 Å². The maximum atomic E-state index is 13.2. The Morgan fingerprint density at radius 2 is 2.00 bits per heavy atom. The fourth-order valence-electron chi connectivity index (χ4n) is 2.38. The minimum absolute atomic E-state index is 0.0201. The highest BCUT2D eigenvalue weighted by atomic mass is 79.9. The van der Waals surface area contributed by atoms with Crippen molar-refractivity contribution in [1.82, 2.24) is 0 Å². The standard InChI is InChI=1S/C18H14Br2O3/c1-9-13(19)7-11(8-14(9)20)17(22)16-12-5-3-4-6-15(12)23-18(16)10(2)21/h3-8,10,21H,1-2H3/i4D,5D. The van der Waals surface area contributed by atoms with E-state index in [0.29, 0.717) is 10.9 Å². The summed E-state index contributed by atoms with van der Waals surface area (Å²) in [6, 6.07) is 6.33. The lowest BCUT2D eigenvalue weighted by molar-refractivity contribution is 0.102. The van der Waals surface area contributed by atoms with E-state index in [0.717, 1.165) is 14.5 Å². The molecule has 0 bridgehead atoms. The molecule has 0 saturated carbocycles. The van der Waals surface area contributed by atoms with Gasteiger partial charge in [-0.05, 0) is 37.6 Å². The number of fused-ring (bicyclic) bond motifs is 1. The van der Waals surface area contributed by atoms with Gasteiger partial charge in [-0.3, -0.25) is 4.79 Å². The molecule has 118 valence electrons. The van der Waals surface area contributed by atoms with Crippen molar-refractivity contribution in [3.05, 3.63) is 67.7 Å². The third-order valence-corrected chi connectivity index (χ3v) is 5.27. The number of hydrogen-bond acceptors (Lipinski definition) is 3. The van der Waals surface area contributed by atoms with Crippen LogP contribution in [0.1, 0.15) is 43.0 Å². The van der Waals surface area contributed by atoms with Gasteiger partial charge in [0.15, 0.2) is 5.78 Å². The van der Waals surface area contributed by atoms with Gasteiger partial charge in [0.25, 0.3) is 0 Å². The maximum absolute atomic E-state index is 13.2. The maximum Gasteiger partial charge on any atom is 0.197 e. The molecule has 1 aromatic heterocycles. The number of rotatable bonds is 3. The number of ketones is 1. The smallest absolute Gasteiger partial charge is 0.197 e. The molecule has 0 spiro atoms.